The van der Waals surface area contributed by atoms with Crippen LogP contribution < -0.4 is 5.32 Å². The summed E-state index contributed by atoms with van der Waals surface area (Å²) in [6.07, 6.45) is -11.4. The lowest BCUT2D eigenvalue weighted by Crippen LogP contribution is -2.69. The zero-order chi connectivity index (χ0) is 36.8. The van der Waals surface area contributed by atoms with Crippen molar-refractivity contribution >= 4 is 64.4 Å². The van der Waals surface area contributed by atoms with E-state index in [9.17, 15) is 33.6 Å². The first-order valence-electron chi connectivity index (χ1n) is 15.3. The second kappa shape index (κ2) is 20.6. The molecule has 0 bridgehead atoms. The molecule has 1 N–H and O–H groups in total. The standard InChI is InChI=1S/C30H45NO16S2/c1-14(32)31-23-26(42-17(4)35)24(21(12-40-15(2)33)45-29(23)39-8)47-30-28(44-19(6)37)27(43-18(5)36)25(41-16(3)34)22(46-30)13-48-10-9-11-49-20(7)38/h21-30H,9-13H2,1-8H3,(H,31,32)/t21-,22-,23-,24+,25+,26-,27+,28-,29-,30+/m1/s1. The Labute approximate surface area is 292 Å². The molecule has 2 rings (SSSR count). The molecule has 0 unspecified atom stereocenters. The van der Waals surface area contributed by atoms with Crippen molar-refractivity contribution in [2.45, 2.75) is 116 Å². The van der Waals surface area contributed by atoms with E-state index in [1.807, 2.05) is 0 Å². The minimum Gasteiger partial charge on any atom is -0.463 e. The number of carbonyl (C=O) groups is 7. The normalized spacial score (nSPS) is 29.6. The first-order chi connectivity index (χ1) is 23.0. The molecule has 1 amide bonds. The topological polar surface area (TPSA) is 215 Å². The number of amides is 1. The summed E-state index contributed by atoms with van der Waals surface area (Å²) < 4.78 is 51.7. The lowest BCUT2D eigenvalue weighted by molar-refractivity contribution is -0.344. The Morgan fingerprint density at radius 3 is 1.71 bits per heavy atom. The molecule has 0 radical (unpaired) electrons. The zero-order valence-corrected chi connectivity index (χ0v) is 30.3. The molecule has 0 aromatic heterocycles. The summed E-state index contributed by atoms with van der Waals surface area (Å²) in [5.74, 6) is -3.02. The molecular weight excluding hydrogens is 694 g/mol. The molecule has 0 aliphatic carbocycles. The molecule has 10 atom stereocenters. The van der Waals surface area contributed by atoms with Crippen molar-refractivity contribution in [3.05, 3.63) is 0 Å². The molecule has 278 valence electrons. The Balaban J connectivity index is 2.61. The van der Waals surface area contributed by atoms with Gasteiger partial charge in [-0.15, -0.1) is 0 Å². The quantitative estimate of drug-likeness (QED) is 0.131. The highest BCUT2D eigenvalue weighted by Gasteiger charge is 2.56. The van der Waals surface area contributed by atoms with Crippen LogP contribution in [0.25, 0.3) is 0 Å². The van der Waals surface area contributed by atoms with Crippen LogP contribution in [0.2, 0.25) is 0 Å². The highest BCUT2D eigenvalue weighted by Crippen LogP contribution is 2.35. The number of hydrogen-bond donors (Lipinski definition) is 1. The predicted molar refractivity (Wildman–Crippen MR) is 171 cm³/mol. The van der Waals surface area contributed by atoms with E-state index >= 15 is 0 Å². The Hall–Kier alpha value is -2.97. The van der Waals surface area contributed by atoms with Gasteiger partial charge in [-0.2, -0.15) is 11.8 Å². The van der Waals surface area contributed by atoms with E-state index in [-0.39, 0.29) is 10.9 Å². The van der Waals surface area contributed by atoms with Gasteiger partial charge in [0.25, 0.3) is 0 Å². The summed E-state index contributed by atoms with van der Waals surface area (Å²) in [6, 6.07) is -1.15. The fourth-order valence-electron chi connectivity index (χ4n) is 5.15. The van der Waals surface area contributed by atoms with Gasteiger partial charge in [0.15, 0.2) is 42.1 Å². The van der Waals surface area contributed by atoms with E-state index in [1.54, 1.807) is 0 Å². The van der Waals surface area contributed by atoms with Crippen LogP contribution in [0.5, 0.6) is 0 Å². The molecule has 0 spiro atoms. The Morgan fingerprint density at radius 1 is 0.633 bits per heavy atom. The monoisotopic (exact) mass is 739 g/mol. The van der Waals surface area contributed by atoms with Crippen LogP contribution in [0.1, 0.15) is 54.9 Å². The fourth-order valence-corrected chi connectivity index (χ4v) is 6.93. The molecule has 0 saturated carbocycles. The van der Waals surface area contributed by atoms with Crippen LogP contribution in [0, 0.1) is 0 Å². The predicted octanol–water partition coefficient (Wildman–Crippen LogP) is 0.665. The molecule has 2 fully saturated rings. The third-order valence-corrected chi connectivity index (χ3v) is 8.85. The van der Waals surface area contributed by atoms with Gasteiger partial charge in [-0.05, 0) is 12.2 Å². The summed E-state index contributed by atoms with van der Waals surface area (Å²) in [5, 5.41) is 2.61. The Morgan fingerprint density at radius 2 is 1.18 bits per heavy atom. The van der Waals surface area contributed by atoms with Crippen LogP contribution in [-0.2, 0) is 76.2 Å². The molecule has 2 heterocycles. The van der Waals surface area contributed by atoms with Gasteiger partial charge < -0.3 is 47.9 Å². The Kier molecular flexibility index (Phi) is 17.8. The van der Waals surface area contributed by atoms with Crippen LogP contribution >= 0.6 is 23.5 Å². The smallest absolute Gasteiger partial charge is 0.303 e. The van der Waals surface area contributed by atoms with Crippen LogP contribution in [-0.4, -0.2) is 133 Å². The van der Waals surface area contributed by atoms with Gasteiger partial charge in [0.2, 0.25) is 5.91 Å². The number of rotatable bonds is 16. The van der Waals surface area contributed by atoms with Crippen LogP contribution in [0.4, 0.5) is 0 Å². The summed E-state index contributed by atoms with van der Waals surface area (Å²) >= 11 is 2.58. The number of carbonyl (C=O) groups excluding carboxylic acids is 7. The van der Waals surface area contributed by atoms with Crippen LogP contribution in [0.15, 0.2) is 0 Å². The Bertz CT molecular complexity index is 1190. The highest BCUT2D eigenvalue weighted by atomic mass is 32.2. The maximum atomic E-state index is 12.4. The minimum absolute atomic E-state index is 0.0143. The van der Waals surface area contributed by atoms with Gasteiger partial charge in [0.1, 0.15) is 31.0 Å². The van der Waals surface area contributed by atoms with Crippen molar-refractivity contribution in [2.75, 3.05) is 31.0 Å². The van der Waals surface area contributed by atoms with Gasteiger partial charge >= 0.3 is 29.8 Å². The van der Waals surface area contributed by atoms with E-state index in [4.69, 9.17) is 42.6 Å². The molecule has 2 aliphatic heterocycles. The van der Waals surface area contributed by atoms with Gasteiger partial charge in [0.05, 0.1) is 0 Å². The molecule has 19 heteroatoms. The second-order valence-electron chi connectivity index (χ2n) is 11.0. The average Bonchev–Trinajstić information content (AvgIpc) is 2.97. The summed E-state index contributed by atoms with van der Waals surface area (Å²) in [4.78, 5) is 84.7. The molecule has 0 aromatic rings. The molecule has 49 heavy (non-hydrogen) atoms. The van der Waals surface area contributed by atoms with E-state index in [0.29, 0.717) is 17.9 Å². The van der Waals surface area contributed by atoms with Crippen molar-refractivity contribution in [2.24, 2.45) is 0 Å². The number of nitrogens with one attached hydrogen (secondary N) is 1. The minimum atomic E-state index is -1.59. The second-order valence-corrected chi connectivity index (χ2v) is 13.4. The van der Waals surface area contributed by atoms with Crippen LogP contribution in [0.3, 0.4) is 0 Å². The van der Waals surface area contributed by atoms with Gasteiger partial charge in [-0.25, -0.2) is 0 Å². The van der Waals surface area contributed by atoms with Gasteiger partial charge in [-0.1, -0.05) is 11.8 Å². The van der Waals surface area contributed by atoms with Crippen molar-refractivity contribution < 1.29 is 76.2 Å². The zero-order valence-electron chi connectivity index (χ0n) is 28.7. The third-order valence-electron chi connectivity index (χ3n) is 6.81. The van der Waals surface area contributed by atoms with Gasteiger partial charge in [0, 0.05) is 67.1 Å². The van der Waals surface area contributed by atoms with Crippen molar-refractivity contribution in [3.8, 4) is 0 Å². The number of methoxy groups -OCH3 is 1. The van der Waals surface area contributed by atoms with Crippen molar-refractivity contribution in [1.29, 1.82) is 0 Å². The summed E-state index contributed by atoms with van der Waals surface area (Å²) in [6.45, 7) is 7.90. The van der Waals surface area contributed by atoms with E-state index in [1.165, 1.54) is 44.5 Å². The maximum absolute atomic E-state index is 12.4. The van der Waals surface area contributed by atoms with E-state index < -0.39 is 104 Å². The SMILES string of the molecule is CO[C@@H]1O[C@H](COC(C)=O)[C@H](O[C@@H]2O[C@H](CSCCCSC(C)=O)[C@H](OC(C)=O)[C@H](OC(C)=O)[C@H]2OC(C)=O)[C@H](OC(C)=O)[C@H]1NC(C)=O. The lowest BCUT2D eigenvalue weighted by Gasteiger charge is -2.49. The molecule has 2 saturated heterocycles. The molecule has 17 nitrogen and oxygen atoms in total. The first kappa shape index (κ1) is 42.2. The average molecular weight is 740 g/mol. The fraction of sp³-hybridized carbons (Fsp3) is 0.767. The summed E-state index contributed by atoms with van der Waals surface area (Å²) in [5.41, 5.74) is 0. The largest absolute Gasteiger partial charge is 0.463 e. The molecule has 0 aromatic carbocycles. The maximum Gasteiger partial charge on any atom is 0.303 e. The third kappa shape index (κ3) is 14.1. The van der Waals surface area contributed by atoms with Crippen molar-refractivity contribution in [1.82, 2.24) is 5.32 Å². The number of ether oxygens (including phenoxy) is 9. The number of esters is 5. The number of thioether (sulfide) groups is 2. The van der Waals surface area contributed by atoms with Crippen molar-refractivity contribution in [3.63, 3.8) is 0 Å². The first-order valence-corrected chi connectivity index (χ1v) is 17.5. The molecular formula is C30H45NO16S2. The lowest BCUT2D eigenvalue weighted by atomic mass is 9.95. The molecule has 2 aliphatic rings. The number of hydrogen-bond acceptors (Lipinski definition) is 18. The summed E-state index contributed by atoms with van der Waals surface area (Å²) in [7, 11) is 1.29. The highest BCUT2D eigenvalue weighted by molar-refractivity contribution is 8.13. The van der Waals surface area contributed by atoms with E-state index in [2.05, 4.69) is 5.32 Å². The van der Waals surface area contributed by atoms with Gasteiger partial charge in [-0.3, -0.25) is 33.6 Å². The van der Waals surface area contributed by atoms with E-state index in [0.717, 1.165) is 34.6 Å².